The van der Waals surface area contributed by atoms with Crippen molar-refractivity contribution in [1.29, 1.82) is 0 Å². The number of pyridine rings is 1. The highest BCUT2D eigenvalue weighted by atomic mass is 35.5. The van der Waals surface area contributed by atoms with E-state index in [1.807, 2.05) is 0 Å². The monoisotopic (exact) mass is 343 g/mol. The topological polar surface area (TPSA) is 12.9 Å². The maximum absolute atomic E-state index is 13.3. The van der Waals surface area contributed by atoms with Gasteiger partial charge in [-0.05, 0) is 12.1 Å². The number of aromatic nitrogens is 1. The minimum absolute atomic E-state index is 0.0114. The Hall–Kier alpha value is -1.04. The van der Waals surface area contributed by atoms with Crippen LogP contribution >= 0.6 is 34.8 Å². The van der Waals surface area contributed by atoms with E-state index in [1.165, 1.54) is 12.1 Å². The lowest BCUT2D eigenvalue weighted by atomic mass is 10.1. The van der Waals surface area contributed by atoms with Gasteiger partial charge in [-0.3, -0.25) is 0 Å². The van der Waals surface area contributed by atoms with Gasteiger partial charge < -0.3 is 0 Å². The van der Waals surface area contributed by atoms with Crippen molar-refractivity contribution >= 4 is 34.8 Å². The van der Waals surface area contributed by atoms with Crippen LogP contribution in [0.4, 0.5) is 17.6 Å². The Kier molecular flexibility index (Phi) is 4.14. The van der Waals surface area contributed by atoms with Crippen molar-refractivity contribution in [3.63, 3.8) is 0 Å². The smallest absolute Gasteiger partial charge is 0.243 e. The summed E-state index contributed by atoms with van der Waals surface area (Å²) in [4.78, 5) is 3.35. The molecule has 20 heavy (non-hydrogen) atoms. The molecule has 0 saturated carbocycles. The first kappa shape index (κ1) is 15.4. The summed E-state index contributed by atoms with van der Waals surface area (Å²) in [5.74, 6) is -1.09. The van der Waals surface area contributed by atoms with E-state index in [0.717, 1.165) is 6.07 Å². The van der Waals surface area contributed by atoms with Crippen LogP contribution in [0.1, 0.15) is 5.69 Å². The molecule has 1 aromatic heterocycles. The van der Waals surface area contributed by atoms with E-state index < -0.39 is 17.7 Å². The molecule has 0 aliphatic carbocycles. The zero-order chi connectivity index (χ0) is 15.1. The molecule has 0 aliphatic rings. The van der Waals surface area contributed by atoms with Gasteiger partial charge in [-0.2, -0.15) is 13.2 Å². The molecular formula is C12H4Cl3F4N. The summed E-state index contributed by atoms with van der Waals surface area (Å²) >= 11 is 17.5. The second-order valence-electron chi connectivity index (χ2n) is 3.80. The largest absolute Gasteiger partial charge is 0.433 e. The standard InChI is InChI=1S/C12H4Cl3F4N/c13-5-1-7(14)11(8(15)2-5)9-3-6(16)4-10(20-9)12(17,18)19/h1-4H. The molecule has 2 aromatic rings. The predicted molar refractivity (Wildman–Crippen MR) is 69.7 cm³/mol. The fraction of sp³-hybridized carbons (Fsp3) is 0.0833. The molecule has 8 heteroatoms. The van der Waals surface area contributed by atoms with Gasteiger partial charge in [0.25, 0.3) is 0 Å². The molecule has 2 rings (SSSR count). The average Bonchev–Trinajstić information content (AvgIpc) is 2.25. The summed E-state index contributed by atoms with van der Waals surface area (Å²) < 4.78 is 51.2. The Morgan fingerprint density at radius 3 is 1.95 bits per heavy atom. The number of benzene rings is 1. The molecule has 0 bridgehead atoms. The second-order valence-corrected chi connectivity index (χ2v) is 5.05. The van der Waals surface area contributed by atoms with E-state index in [0.29, 0.717) is 6.07 Å². The van der Waals surface area contributed by atoms with Crippen LogP contribution in [-0.2, 0) is 6.18 Å². The summed E-state index contributed by atoms with van der Waals surface area (Å²) in [7, 11) is 0. The lowest BCUT2D eigenvalue weighted by Crippen LogP contribution is -2.09. The van der Waals surface area contributed by atoms with Gasteiger partial charge in [0.15, 0.2) is 0 Å². The number of rotatable bonds is 1. The number of halogens is 7. The lowest BCUT2D eigenvalue weighted by Gasteiger charge is -2.11. The SMILES string of the molecule is Fc1cc(-c2c(Cl)cc(Cl)cc2Cl)nc(C(F)(F)F)c1. The van der Waals surface area contributed by atoms with Gasteiger partial charge in [0.05, 0.1) is 15.7 Å². The van der Waals surface area contributed by atoms with Crippen LogP contribution < -0.4 is 0 Å². The van der Waals surface area contributed by atoms with Crippen molar-refractivity contribution in [2.75, 3.05) is 0 Å². The Morgan fingerprint density at radius 2 is 1.45 bits per heavy atom. The summed E-state index contributed by atoms with van der Waals surface area (Å²) in [6.07, 6.45) is -4.78. The van der Waals surface area contributed by atoms with E-state index in [4.69, 9.17) is 34.8 Å². The molecule has 0 radical (unpaired) electrons. The molecule has 0 spiro atoms. The quantitative estimate of drug-likeness (QED) is 0.590. The molecule has 1 heterocycles. The maximum Gasteiger partial charge on any atom is 0.433 e. The van der Waals surface area contributed by atoms with Gasteiger partial charge in [0.1, 0.15) is 11.5 Å². The predicted octanol–water partition coefficient (Wildman–Crippen LogP) is 5.87. The summed E-state index contributed by atoms with van der Waals surface area (Å²) in [5, 5.41) is 0.165. The van der Waals surface area contributed by atoms with Gasteiger partial charge in [0.2, 0.25) is 0 Å². The van der Waals surface area contributed by atoms with Gasteiger partial charge in [-0.15, -0.1) is 0 Å². The van der Waals surface area contributed by atoms with Gasteiger partial charge in [-0.1, -0.05) is 34.8 Å². The molecule has 0 saturated heterocycles. The molecule has 0 fully saturated rings. The molecule has 1 aromatic carbocycles. The highest BCUT2D eigenvalue weighted by Crippen LogP contribution is 2.38. The van der Waals surface area contributed by atoms with Crippen LogP contribution in [0.3, 0.4) is 0 Å². The Morgan fingerprint density at radius 1 is 0.900 bits per heavy atom. The molecule has 106 valence electrons. The van der Waals surface area contributed by atoms with Crippen LogP contribution in [0, 0.1) is 5.82 Å². The Labute approximate surface area is 126 Å². The normalized spacial score (nSPS) is 11.8. The fourth-order valence-electron chi connectivity index (χ4n) is 1.56. The molecule has 0 unspecified atom stereocenters. The molecule has 0 N–H and O–H groups in total. The van der Waals surface area contributed by atoms with Crippen LogP contribution in [0.2, 0.25) is 15.1 Å². The van der Waals surface area contributed by atoms with Crippen molar-refractivity contribution < 1.29 is 17.6 Å². The highest BCUT2D eigenvalue weighted by Gasteiger charge is 2.33. The average molecular weight is 345 g/mol. The minimum atomic E-state index is -4.78. The number of hydrogen-bond donors (Lipinski definition) is 0. The van der Waals surface area contributed by atoms with Crippen LogP contribution in [0.25, 0.3) is 11.3 Å². The summed E-state index contributed by atoms with van der Waals surface area (Å²) in [5.41, 5.74) is -1.69. The van der Waals surface area contributed by atoms with E-state index in [2.05, 4.69) is 4.98 Å². The minimum Gasteiger partial charge on any atom is -0.243 e. The number of alkyl halides is 3. The number of nitrogens with zero attached hydrogens (tertiary/aromatic N) is 1. The van der Waals surface area contributed by atoms with Crippen LogP contribution in [0.5, 0.6) is 0 Å². The third-order valence-electron chi connectivity index (χ3n) is 2.34. The summed E-state index contributed by atoms with van der Waals surface area (Å²) in [6.45, 7) is 0. The zero-order valence-corrected chi connectivity index (χ0v) is 11.7. The van der Waals surface area contributed by atoms with E-state index >= 15 is 0 Å². The van der Waals surface area contributed by atoms with Crippen molar-refractivity contribution in [3.05, 3.63) is 50.8 Å². The molecule has 0 aliphatic heterocycles. The first-order chi connectivity index (χ1) is 9.18. The number of hydrogen-bond acceptors (Lipinski definition) is 1. The van der Waals surface area contributed by atoms with E-state index in [9.17, 15) is 17.6 Å². The summed E-state index contributed by atoms with van der Waals surface area (Å²) in [6, 6.07) is 3.67. The van der Waals surface area contributed by atoms with Crippen LogP contribution in [0.15, 0.2) is 24.3 Å². The van der Waals surface area contributed by atoms with Crippen molar-refractivity contribution in [3.8, 4) is 11.3 Å². The second kappa shape index (κ2) is 5.39. The van der Waals surface area contributed by atoms with Gasteiger partial charge in [-0.25, -0.2) is 9.37 Å². The zero-order valence-electron chi connectivity index (χ0n) is 9.40. The third kappa shape index (κ3) is 3.16. The van der Waals surface area contributed by atoms with Gasteiger partial charge >= 0.3 is 6.18 Å². The first-order valence-electron chi connectivity index (χ1n) is 5.08. The molecule has 0 atom stereocenters. The lowest BCUT2D eigenvalue weighted by molar-refractivity contribution is -0.141. The molecule has 0 amide bonds. The van der Waals surface area contributed by atoms with Gasteiger partial charge in [0, 0.05) is 22.7 Å². The first-order valence-corrected chi connectivity index (χ1v) is 6.21. The fourth-order valence-corrected chi connectivity index (χ4v) is 2.57. The Bertz CT molecular complexity index is 647. The maximum atomic E-state index is 13.3. The van der Waals surface area contributed by atoms with Crippen molar-refractivity contribution in [2.24, 2.45) is 0 Å². The highest BCUT2D eigenvalue weighted by molar-refractivity contribution is 6.41. The van der Waals surface area contributed by atoms with E-state index in [-0.39, 0.29) is 26.3 Å². The van der Waals surface area contributed by atoms with E-state index in [1.54, 1.807) is 0 Å². The van der Waals surface area contributed by atoms with Crippen molar-refractivity contribution in [2.45, 2.75) is 6.18 Å². The molecule has 1 nitrogen and oxygen atoms in total. The van der Waals surface area contributed by atoms with Crippen LogP contribution in [-0.4, -0.2) is 4.98 Å². The third-order valence-corrected chi connectivity index (χ3v) is 3.16. The molecular weight excluding hydrogens is 340 g/mol. The van der Waals surface area contributed by atoms with Crippen molar-refractivity contribution in [1.82, 2.24) is 4.98 Å². The Balaban J connectivity index is 2.68.